The Morgan fingerprint density at radius 2 is 1.90 bits per heavy atom. The third-order valence-electron chi connectivity index (χ3n) is 4.48. The van der Waals surface area contributed by atoms with E-state index < -0.39 is 5.25 Å². The van der Waals surface area contributed by atoms with Crippen molar-refractivity contribution < 1.29 is 9.53 Å². The van der Waals surface area contributed by atoms with E-state index in [1.807, 2.05) is 65.4 Å². The fourth-order valence-corrected chi connectivity index (χ4v) is 4.69. The number of nitrogens with one attached hydrogen (secondary N) is 1. The van der Waals surface area contributed by atoms with Crippen molar-refractivity contribution in [2.45, 2.75) is 17.3 Å². The van der Waals surface area contributed by atoms with E-state index in [0.29, 0.717) is 27.4 Å². The topological polar surface area (TPSA) is 69.0 Å². The summed E-state index contributed by atoms with van der Waals surface area (Å²) in [6.07, 6.45) is 0. The minimum atomic E-state index is -0.440. The molecule has 2 heterocycles. The number of carbonyl (C=O) groups is 1. The number of rotatable bonds is 7. The quantitative estimate of drug-likeness (QED) is 0.347. The van der Waals surface area contributed by atoms with E-state index in [2.05, 4.69) is 15.5 Å². The van der Waals surface area contributed by atoms with Gasteiger partial charge in [0.2, 0.25) is 5.91 Å². The first-order chi connectivity index (χ1) is 15.1. The standard InChI is InChI=1S/C22H19ClN4O2S2/c1-14(21(28)24-16-9-4-3-8-15(16)23)31-22-26-25-20(19-12-7-13-30-19)27(22)17-10-5-6-11-18(17)29-2/h3-14H,1-2H3,(H,24,28). The number of thiophene rings is 1. The van der Waals surface area contributed by atoms with Crippen molar-refractivity contribution in [1.29, 1.82) is 0 Å². The third-order valence-corrected chi connectivity index (χ3v) is 6.72. The number of hydrogen-bond acceptors (Lipinski definition) is 6. The van der Waals surface area contributed by atoms with Crippen LogP contribution >= 0.6 is 34.7 Å². The first-order valence-corrected chi connectivity index (χ1v) is 11.6. The van der Waals surface area contributed by atoms with Crippen LogP contribution in [0.25, 0.3) is 16.4 Å². The highest BCUT2D eigenvalue weighted by Crippen LogP contribution is 2.35. The van der Waals surface area contributed by atoms with Gasteiger partial charge < -0.3 is 10.1 Å². The number of para-hydroxylation sites is 3. The lowest BCUT2D eigenvalue weighted by Gasteiger charge is -2.15. The molecule has 2 aromatic carbocycles. The fraction of sp³-hybridized carbons (Fsp3) is 0.136. The van der Waals surface area contributed by atoms with Crippen LogP contribution in [0.3, 0.4) is 0 Å². The number of ether oxygens (including phenoxy) is 1. The molecule has 1 atom stereocenters. The molecule has 158 valence electrons. The van der Waals surface area contributed by atoms with Crippen LogP contribution in [0.1, 0.15) is 6.92 Å². The van der Waals surface area contributed by atoms with E-state index in [-0.39, 0.29) is 5.91 Å². The van der Waals surface area contributed by atoms with E-state index in [9.17, 15) is 4.79 Å². The molecular weight excluding hydrogens is 452 g/mol. The summed E-state index contributed by atoms with van der Waals surface area (Å²) in [5.74, 6) is 1.21. The second-order valence-corrected chi connectivity index (χ2v) is 9.18. The van der Waals surface area contributed by atoms with Gasteiger partial charge in [-0.05, 0) is 42.6 Å². The predicted molar refractivity (Wildman–Crippen MR) is 127 cm³/mol. The predicted octanol–water partition coefficient (Wildman–Crippen LogP) is 5.78. The Hall–Kier alpha value is -2.81. The third kappa shape index (κ3) is 4.61. The van der Waals surface area contributed by atoms with E-state index >= 15 is 0 Å². The van der Waals surface area contributed by atoms with Crippen molar-refractivity contribution in [3.05, 3.63) is 71.1 Å². The normalized spacial score (nSPS) is 11.8. The molecule has 0 spiro atoms. The molecule has 0 saturated heterocycles. The van der Waals surface area contributed by atoms with Crippen molar-refractivity contribution >= 4 is 46.3 Å². The SMILES string of the molecule is COc1ccccc1-n1c(SC(C)C(=O)Nc2ccccc2Cl)nnc1-c1cccs1. The highest BCUT2D eigenvalue weighted by atomic mass is 35.5. The highest BCUT2D eigenvalue weighted by Gasteiger charge is 2.24. The van der Waals surface area contributed by atoms with Gasteiger partial charge in [0.05, 0.1) is 33.6 Å². The van der Waals surface area contributed by atoms with Gasteiger partial charge in [-0.25, -0.2) is 0 Å². The zero-order chi connectivity index (χ0) is 21.8. The molecule has 0 aliphatic heterocycles. The van der Waals surface area contributed by atoms with E-state index in [0.717, 1.165) is 10.6 Å². The summed E-state index contributed by atoms with van der Waals surface area (Å²) in [4.78, 5) is 13.8. The molecule has 1 amide bonds. The van der Waals surface area contributed by atoms with Gasteiger partial charge in [-0.3, -0.25) is 9.36 Å². The summed E-state index contributed by atoms with van der Waals surface area (Å²) < 4.78 is 7.49. The molecular formula is C22H19ClN4O2S2. The molecule has 0 aliphatic rings. The zero-order valence-electron chi connectivity index (χ0n) is 16.8. The summed E-state index contributed by atoms with van der Waals surface area (Å²) in [5, 5.41) is 14.3. The molecule has 9 heteroatoms. The van der Waals surface area contributed by atoms with Gasteiger partial charge in [0.1, 0.15) is 5.75 Å². The highest BCUT2D eigenvalue weighted by molar-refractivity contribution is 8.00. The first kappa shape index (κ1) is 21.4. The fourth-order valence-electron chi connectivity index (χ4n) is 2.95. The van der Waals surface area contributed by atoms with Crippen LogP contribution in [0.5, 0.6) is 5.75 Å². The average Bonchev–Trinajstić information content (AvgIpc) is 3.45. The number of halogens is 1. The number of anilines is 1. The zero-order valence-corrected chi connectivity index (χ0v) is 19.2. The lowest BCUT2D eigenvalue weighted by molar-refractivity contribution is -0.115. The van der Waals surface area contributed by atoms with Crippen molar-refractivity contribution in [1.82, 2.24) is 14.8 Å². The van der Waals surface area contributed by atoms with Crippen molar-refractivity contribution in [3.8, 4) is 22.1 Å². The Morgan fingerprint density at radius 3 is 2.65 bits per heavy atom. The second-order valence-electron chi connectivity index (χ2n) is 6.52. The minimum Gasteiger partial charge on any atom is -0.495 e. The Balaban J connectivity index is 1.67. The lowest BCUT2D eigenvalue weighted by Crippen LogP contribution is -2.23. The number of methoxy groups -OCH3 is 1. The summed E-state index contributed by atoms with van der Waals surface area (Å²) >= 11 is 9.06. The van der Waals surface area contributed by atoms with Crippen LogP contribution in [-0.4, -0.2) is 33.0 Å². The van der Waals surface area contributed by atoms with Crippen LogP contribution in [0.4, 0.5) is 5.69 Å². The summed E-state index contributed by atoms with van der Waals surface area (Å²) in [5.41, 5.74) is 1.38. The maximum absolute atomic E-state index is 12.8. The van der Waals surface area contributed by atoms with E-state index in [1.54, 1.807) is 30.6 Å². The minimum absolute atomic E-state index is 0.176. The molecule has 4 aromatic rings. The molecule has 1 unspecified atom stereocenters. The molecule has 6 nitrogen and oxygen atoms in total. The Labute approximate surface area is 193 Å². The molecule has 31 heavy (non-hydrogen) atoms. The van der Waals surface area contributed by atoms with Gasteiger partial charge in [-0.1, -0.05) is 53.7 Å². The largest absolute Gasteiger partial charge is 0.495 e. The van der Waals surface area contributed by atoms with Gasteiger partial charge in [0, 0.05) is 0 Å². The number of carbonyl (C=O) groups excluding carboxylic acids is 1. The number of hydrogen-bond donors (Lipinski definition) is 1. The van der Waals surface area contributed by atoms with Gasteiger partial charge in [0.25, 0.3) is 0 Å². The second kappa shape index (κ2) is 9.55. The molecule has 0 bridgehead atoms. The smallest absolute Gasteiger partial charge is 0.237 e. The average molecular weight is 471 g/mol. The molecule has 0 saturated carbocycles. The van der Waals surface area contributed by atoms with Crippen molar-refractivity contribution in [2.75, 3.05) is 12.4 Å². The van der Waals surface area contributed by atoms with Crippen LogP contribution in [0.2, 0.25) is 5.02 Å². The Kier molecular flexibility index (Phi) is 6.60. The van der Waals surface area contributed by atoms with E-state index in [1.165, 1.54) is 11.8 Å². The Morgan fingerprint density at radius 1 is 1.13 bits per heavy atom. The van der Waals surface area contributed by atoms with Gasteiger partial charge >= 0.3 is 0 Å². The molecule has 0 aliphatic carbocycles. The van der Waals surface area contributed by atoms with Crippen LogP contribution < -0.4 is 10.1 Å². The monoisotopic (exact) mass is 470 g/mol. The maximum atomic E-state index is 12.8. The summed E-state index contributed by atoms with van der Waals surface area (Å²) in [6.45, 7) is 1.82. The maximum Gasteiger partial charge on any atom is 0.237 e. The van der Waals surface area contributed by atoms with Crippen LogP contribution in [-0.2, 0) is 4.79 Å². The summed E-state index contributed by atoms with van der Waals surface area (Å²) in [6, 6.07) is 18.8. The van der Waals surface area contributed by atoms with Crippen LogP contribution in [0, 0.1) is 0 Å². The Bertz CT molecular complexity index is 1190. The van der Waals surface area contributed by atoms with Crippen LogP contribution in [0.15, 0.2) is 71.2 Å². The number of thioether (sulfide) groups is 1. The van der Waals surface area contributed by atoms with Gasteiger partial charge in [0.15, 0.2) is 11.0 Å². The molecule has 1 N–H and O–H groups in total. The summed E-state index contributed by atoms with van der Waals surface area (Å²) in [7, 11) is 1.63. The van der Waals surface area contributed by atoms with E-state index in [4.69, 9.17) is 16.3 Å². The van der Waals surface area contributed by atoms with Crippen molar-refractivity contribution in [3.63, 3.8) is 0 Å². The molecule has 0 fully saturated rings. The van der Waals surface area contributed by atoms with Gasteiger partial charge in [-0.15, -0.1) is 21.5 Å². The first-order valence-electron chi connectivity index (χ1n) is 9.43. The van der Waals surface area contributed by atoms with Crippen molar-refractivity contribution in [2.24, 2.45) is 0 Å². The molecule has 2 aromatic heterocycles. The van der Waals surface area contributed by atoms with Gasteiger partial charge in [-0.2, -0.15) is 0 Å². The molecule has 0 radical (unpaired) electrons. The lowest BCUT2D eigenvalue weighted by atomic mass is 10.3. The number of amides is 1. The molecule has 4 rings (SSSR count). The number of benzene rings is 2. The number of aromatic nitrogens is 3. The number of nitrogens with zero attached hydrogens (tertiary/aromatic N) is 3.